The van der Waals surface area contributed by atoms with Gasteiger partial charge in [0.15, 0.2) is 0 Å². The number of carbonyl (C=O) groups is 2. The van der Waals surface area contributed by atoms with E-state index in [4.69, 9.17) is 9.84 Å². The Morgan fingerprint density at radius 1 is 0.900 bits per heavy atom. The van der Waals surface area contributed by atoms with Gasteiger partial charge in [0.2, 0.25) is 5.95 Å². The Kier molecular flexibility index (Phi) is 7.78. The Labute approximate surface area is 236 Å². The van der Waals surface area contributed by atoms with Crippen molar-refractivity contribution in [3.8, 4) is 5.69 Å². The molecule has 0 N–H and O–H groups in total. The lowest BCUT2D eigenvalue weighted by molar-refractivity contribution is 0.0203. The van der Waals surface area contributed by atoms with Gasteiger partial charge in [-0.2, -0.15) is 5.10 Å². The normalized spacial score (nSPS) is 16.8. The van der Waals surface area contributed by atoms with Gasteiger partial charge in [0.05, 0.1) is 23.1 Å². The van der Waals surface area contributed by atoms with E-state index >= 15 is 0 Å². The lowest BCUT2D eigenvalue weighted by atomic mass is 9.90. The molecule has 3 aromatic rings. The van der Waals surface area contributed by atoms with Crippen molar-refractivity contribution in [1.29, 1.82) is 0 Å². The van der Waals surface area contributed by atoms with Crippen LogP contribution in [0.3, 0.4) is 0 Å². The molecule has 10 nitrogen and oxygen atoms in total. The number of anilines is 1. The summed E-state index contributed by atoms with van der Waals surface area (Å²) >= 11 is 0. The van der Waals surface area contributed by atoms with Crippen LogP contribution in [0.1, 0.15) is 66.7 Å². The highest BCUT2D eigenvalue weighted by Gasteiger charge is 2.34. The van der Waals surface area contributed by atoms with E-state index in [9.17, 15) is 9.59 Å². The molecule has 2 aromatic heterocycles. The standard InChI is InChI=1S/C30H39N7O3/c1-21-7-8-24(19-22(21)2)37-26(23-9-13-36(14-10-23)29(39)40-30(3,4)5)25(20-33-37)27(38)34-15-17-35(18-16-34)28-31-11-6-12-32-28/h6-8,11-12,19-20,23H,9-10,13-18H2,1-5H3. The Morgan fingerprint density at radius 3 is 2.20 bits per heavy atom. The molecule has 0 bridgehead atoms. The van der Waals surface area contributed by atoms with Crippen LogP contribution in [0.25, 0.3) is 5.69 Å². The summed E-state index contributed by atoms with van der Waals surface area (Å²) in [6.45, 7) is 13.5. The van der Waals surface area contributed by atoms with Gasteiger partial charge in [0, 0.05) is 57.6 Å². The van der Waals surface area contributed by atoms with Gasteiger partial charge in [0.25, 0.3) is 5.91 Å². The summed E-state index contributed by atoms with van der Waals surface area (Å²) in [4.78, 5) is 41.1. The zero-order chi connectivity index (χ0) is 28.4. The van der Waals surface area contributed by atoms with Crippen molar-refractivity contribution in [1.82, 2.24) is 29.5 Å². The van der Waals surface area contributed by atoms with Gasteiger partial charge in [-0.05, 0) is 76.8 Å². The summed E-state index contributed by atoms with van der Waals surface area (Å²) in [6.07, 6.45) is 6.37. The highest BCUT2D eigenvalue weighted by Crippen LogP contribution is 2.34. The number of hydrogen-bond donors (Lipinski definition) is 0. The van der Waals surface area contributed by atoms with E-state index in [0.29, 0.717) is 50.8 Å². The number of carbonyl (C=O) groups excluding carboxylic acids is 2. The van der Waals surface area contributed by atoms with Gasteiger partial charge in [-0.3, -0.25) is 4.79 Å². The fourth-order valence-electron chi connectivity index (χ4n) is 5.38. The number of aryl methyl sites for hydroxylation is 2. The molecule has 0 aliphatic carbocycles. The highest BCUT2D eigenvalue weighted by molar-refractivity contribution is 5.95. The first-order valence-corrected chi connectivity index (χ1v) is 14.1. The molecule has 0 atom stereocenters. The molecular weight excluding hydrogens is 506 g/mol. The third-order valence-electron chi connectivity index (χ3n) is 7.71. The van der Waals surface area contributed by atoms with E-state index in [-0.39, 0.29) is 17.9 Å². The zero-order valence-electron chi connectivity index (χ0n) is 24.1. The van der Waals surface area contributed by atoms with Crippen molar-refractivity contribution < 1.29 is 14.3 Å². The van der Waals surface area contributed by atoms with E-state index in [1.165, 1.54) is 11.1 Å². The molecule has 4 heterocycles. The van der Waals surface area contributed by atoms with Crippen LogP contribution in [0.5, 0.6) is 0 Å². The van der Waals surface area contributed by atoms with Crippen molar-refractivity contribution in [2.24, 2.45) is 0 Å². The molecule has 2 saturated heterocycles. The van der Waals surface area contributed by atoms with Gasteiger partial charge in [-0.15, -0.1) is 0 Å². The Morgan fingerprint density at radius 2 is 1.57 bits per heavy atom. The molecule has 2 fully saturated rings. The van der Waals surface area contributed by atoms with Crippen LogP contribution >= 0.6 is 0 Å². The monoisotopic (exact) mass is 545 g/mol. The Hall–Kier alpha value is -3.95. The summed E-state index contributed by atoms with van der Waals surface area (Å²) in [6, 6.07) is 8.07. The molecule has 5 rings (SSSR count). The quantitative estimate of drug-likeness (QED) is 0.481. The maximum Gasteiger partial charge on any atom is 0.410 e. The first-order chi connectivity index (χ1) is 19.1. The Bertz CT molecular complexity index is 1350. The third kappa shape index (κ3) is 5.95. The van der Waals surface area contributed by atoms with Crippen LogP contribution in [0.2, 0.25) is 0 Å². The average molecular weight is 546 g/mol. The second-order valence-corrected chi connectivity index (χ2v) is 11.7. The van der Waals surface area contributed by atoms with Gasteiger partial charge >= 0.3 is 6.09 Å². The van der Waals surface area contributed by atoms with Crippen molar-refractivity contribution >= 4 is 17.9 Å². The lowest BCUT2D eigenvalue weighted by Crippen LogP contribution is -2.49. The van der Waals surface area contributed by atoms with Crippen LogP contribution in [0.4, 0.5) is 10.7 Å². The fraction of sp³-hybridized carbons (Fsp3) is 0.500. The summed E-state index contributed by atoms with van der Waals surface area (Å²) in [5.41, 5.74) is 4.35. The average Bonchev–Trinajstić information content (AvgIpc) is 3.39. The number of ether oxygens (including phenoxy) is 1. The van der Waals surface area contributed by atoms with Gasteiger partial charge in [-0.25, -0.2) is 19.4 Å². The fourth-order valence-corrected chi connectivity index (χ4v) is 5.38. The number of piperazine rings is 1. The molecule has 1 aromatic carbocycles. The van der Waals surface area contributed by atoms with Crippen LogP contribution in [0, 0.1) is 13.8 Å². The van der Waals surface area contributed by atoms with Crippen LogP contribution in [0.15, 0.2) is 42.9 Å². The summed E-state index contributed by atoms with van der Waals surface area (Å²) in [5.74, 6) is 0.767. The third-order valence-corrected chi connectivity index (χ3v) is 7.71. The van der Waals surface area contributed by atoms with E-state index in [1.807, 2.05) is 30.4 Å². The zero-order valence-corrected chi connectivity index (χ0v) is 24.1. The molecule has 0 unspecified atom stereocenters. The largest absolute Gasteiger partial charge is 0.444 e. The molecular formula is C30H39N7O3. The predicted octanol–water partition coefficient (Wildman–Crippen LogP) is 4.36. The van der Waals surface area contributed by atoms with E-state index in [0.717, 1.165) is 24.2 Å². The van der Waals surface area contributed by atoms with Gasteiger partial charge < -0.3 is 19.4 Å². The maximum atomic E-state index is 13.9. The number of likely N-dealkylation sites (tertiary alicyclic amines) is 1. The maximum absolute atomic E-state index is 13.9. The number of hydrogen-bond acceptors (Lipinski definition) is 7. The van der Waals surface area contributed by atoms with Crippen molar-refractivity contribution in [2.45, 2.75) is 59.0 Å². The molecule has 2 aliphatic rings. The number of rotatable bonds is 4. The number of aromatic nitrogens is 4. The van der Waals surface area contributed by atoms with E-state index in [1.54, 1.807) is 29.6 Å². The highest BCUT2D eigenvalue weighted by atomic mass is 16.6. The molecule has 212 valence electrons. The van der Waals surface area contributed by atoms with E-state index in [2.05, 4.69) is 46.9 Å². The minimum atomic E-state index is -0.536. The molecule has 0 spiro atoms. The van der Waals surface area contributed by atoms with E-state index < -0.39 is 5.60 Å². The van der Waals surface area contributed by atoms with Crippen LogP contribution in [-0.2, 0) is 4.74 Å². The molecule has 40 heavy (non-hydrogen) atoms. The molecule has 0 radical (unpaired) electrons. The molecule has 0 saturated carbocycles. The molecule has 2 amide bonds. The first-order valence-electron chi connectivity index (χ1n) is 14.1. The van der Waals surface area contributed by atoms with Gasteiger partial charge in [0.1, 0.15) is 5.60 Å². The number of amides is 2. The number of nitrogens with zero attached hydrogens (tertiary/aromatic N) is 7. The number of benzene rings is 1. The number of piperidine rings is 1. The second-order valence-electron chi connectivity index (χ2n) is 11.7. The minimum Gasteiger partial charge on any atom is -0.444 e. The topological polar surface area (TPSA) is 96.7 Å². The Balaban J connectivity index is 1.38. The first kappa shape index (κ1) is 27.6. The smallest absolute Gasteiger partial charge is 0.410 e. The summed E-state index contributed by atoms with van der Waals surface area (Å²) in [5, 5.41) is 4.75. The summed E-state index contributed by atoms with van der Waals surface area (Å²) < 4.78 is 7.53. The SMILES string of the molecule is Cc1ccc(-n2ncc(C(=O)N3CCN(c4ncccn4)CC3)c2C2CCN(C(=O)OC(C)(C)C)CC2)cc1C. The molecule has 10 heteroatoms. The predicted molar refractivity (Wildman–Crippen MR) is 153 cm³/mol. The van der Waals surface area contributed by atoms with Crippen LogP contribution < -0.4 is 4.90 Å². The van der Waals surface area contributed by atoms with Crippen LogP contribution in [-0.4, -0.2) is 86.4 Å². The van der Waals surface area contributed by atoms with Crippen molar-refractivity contribution in [2.75, 3.05) is 44.2 Å². The van der Waals surface area contributed by atoms with Gasteiger partial charge in [-0.1, -0.05) is 6.07 Å². The minimum absolute atomic E-state index is 0.00622. The lowest BCUT2D eigenvalue weighted by Gasteiger charge is -2.36. The summed E-state index contributed by atoms with van der Waals surface area (Å²) in [7, 11) is 0. The second kappa shape index (κ2) is 11.3. The molecule has 2 aliphatic heterocycles. The van der Waals surface area contributed by atoms with Crippen molar-refractivity contribution in [3.63, 3.8) is 0 Å². The van der Waals surface area contributed by atoms with Crippen molar-refractivity contribution in [3.05, 3.63) is 65.2 Å².